The predicted molar refractivity (Wildman–Crippen MR) is 55.0 cm³/mol. The van der Waals surface area contributed by atoms with Crippen molar-refractivity contribution in [1.29, 1.82) is 0 Å². The molecule has 64 valence electrons. The van der Waals surface area contributed by atoms with Crippen LogP contribution in [0.4, 0.5) is 0 Å². The van der Waals surface area contributed by atoms with Gasteiger partial charge >= 0.3 is 0 Å². The molecule has 0 atom stereocenters. The molecule has 1 aromatic carbocycles. The molecule has 3 rings (SSSR count). The second kappa shape index (κ2) is 2.67. The maximum Gasteiger partial charge on any atom is 0.0584 e. The third-order valence-electron chi connectivity index (χ3n) is 2.57. The number of nitrogens with zero attached hydrogens (tertiary/aromatic N) is 1. The monoisotopic (exact) mass is 187 g/mol. The van der Waals surface area contributed by atoms with Crippen molar-refractivity contribution in [3.63, 3.8) is 0 Å². The molecule has 0 amide bonds. The van der Waals surface area contributed by atoms with Gasteiger partial charge in [-0.05, 0) is 41.1 Å². The first-order valence-electron chi connectivity index (χ1n) is 4.47. The number of hydrogen-bond donors (Lipinski definition) is 0. The molecule has 1 aromatic heterocycles. The molecule has 0 unspecified atom stereocenters. The zero-order valence-corrected chi connectivity index (χ0v) is 7.97. The Morgan fingerprint density at radius 1 is 1.08 bits per heavy atom. The fourth-order valence-electron chi connectivity index (χ4n) is 1.89. The molecule has 0 spiro atoms. The number of benzene rings is 1. The van der Waals surface area contributed by atoms with Gasteiger partial charge in [-0.3, -0.25) is 0 Å². The minimum Gasteiger partial charge on any atom is -0.200 e. The number of aromatic nitrogens is 1. The minimum absolute atomic E-state index is 1.16. The van der Waals surface area contributed by atoms with Crippen LogP contribution in [0.1, 0.15) is 11.1 Å². The number of hydrogen-bond acceptors (Lipinski definition) is 2. The van der Waals surface area contributed by atoms with Crippen LogP contribution >= 0.6 is 11.5 Å². The normalized spacial score (nSPS) is 13.5. The maximum absolute atomic E-state index is 4.24. The third-order valence-corrected chi connectivity index (χ3v) is 3.45. The summed E-state index contributed by atoms with van der Waals surface area (Å²) < 4.78 is 4.24. The molecular formula is C11H9NS. The number of fused-ring (bicyclic) bond motifs is 3. The zero-order valence-electron chi connectivity index (χ0n) is 7.16. The second-order valence-corrected chi connectivity index (χ2v) is 4.14. The van der Waals surface area contributed by atoms with E-state index in [4.69, 9.17) is 0 Å². The second-order valence-electron chi connectivity index (χ2n) is 3.34. The number of rotatable bonds is 0. The quantitative estimate of drug-likeness (QED) is 0.618. The van der Waals surface area contributed by atoms with Crippen LogP contribution in [0.5, 0.6) is 0 Å². The Hall–Kier alpha value is -1.15. The van der Waals surface area contributed by atoms with Crippen molar-refractivity contribution in [2.45, 2.75) is 12.8 Å². The smallest absolute Gasteiger partial charge is 0.0584 e. The zero-order chi connectivity index (χ0) is 8.67. The lowest BCUT2D eigenvalue weighted by molar-refractivity contribution is 0.947. The van der Waals surface area contributed by atoms with Crippen LogP contribution in [0.2, 0.25) is 0 Å². The first kappa shape index (κ1) is 7.27. The van der Waals surface area contributed by atoms with Crippen molar-refractivity contribution in [2.75, 3.05) is 0 Å². The van der Waals surface area contributed by atoms with E-state index < -0.39 is 0 Å². The predicted octanol–water partition coefficient (Wildman–Crippen LogP) is 2.91. The summed E-state index contributed by atoms with van der Waals surface area (Å²) in [5.41, 5.74) is 4.29. The molecule has 0 radical (unpaired) electrons. The maximum atomic E-state index is 4.24. The van der Waals surface area contributed by atoms with E-state index in [1.807, 2.05) is 6.20 Å². The molecule has 0 fully saturated rings. The fourth-order valence-corrected chi connectivity index (χ4v) is 2.74. The molecule has 0 bridgehead atoms. The molecule has 1 nitrogen and oxygen atoms in total. The molecule has 0 aliphatic heterocycles. The standard InChI is InChI=1S/C11H9NS/c1-2-4-10-8(3-1)5-6-9-7-12-13-11(9)10/h1-4,7H,5-6H2. The van der Waals surface area contributed by atoms with E-state index in [0.717, 1.165) is 6.42 Å². The summed E-state index contributed by atoms with van der Waals surface area (Å²) in [5.74, 6) is 0. The van der Waals surface area contributed by atoms with Crippen molar-refractivity contribution in [2.24, 2.45) is 0 Å². The largest absolute Gasteiger partial charge is 0.200 e. The summed E-state index contributed by atoms with van der Waals surface area (Å²) in [7, 11) is 0. The Bertz CT molecular complexity index is 445. The highest BCUT2D eigenvalue weighted by atomic mass is 32.1. The average Bonchev–Trinajstić information content (AvgIpc) is 2.65. The van der Waals surface area contributed by atoms with Gasteiger partial charge in [-0.2, -0.15) is 0 Å². The Morgan fingerprint density at radius 3 is 2.92 bits per heavy atom. The van der Waals surface area contributed by atoms with E-state index in [1.54, 1.807) is 11.5 Å². The van der Waals surface area contributed by atoms with Crippen LogP contribution in [0.25, 0.3) is 10.4 Å². The Kier molecular flexibility index (Phi) is 1.49. The Morgan fingerprint density at radius 2 is 1.92 bits per heavy atom. The molecule has 0 saturated heterocycles. The molecule has 13 heavy (non-hydrogen) atoms. The summed E-state index contributed by atoms with van der Waals surface area (Å²) in [5, 5.41) is 0. The van der Waals surface area contributed by atoms with E-state index in [9.17, 15) is 0 Å². The van der Waals surface area contributed by atoms with Gasteiger partial charge in [0, 0.05) is 6.20 Å². The average molecular weight is 187 g/mol. The molecule has 1 aliphatic carbocycles. The van der Waals surface area contributed by atoms with Crippen LogP contribution < -0.4 is 0 Å². The van der Waals surface area contributed by atoms with Gasteiger partial charge in [0.2, 0.25) is 0 Å². The lowest BCUT2D eigenvalue weighted by Gasteiger charge is -2.14. The summed E-state index contributed by atoms with van der Waals surface area (Å²) in [6.07, 6.45) is 4.33. The summed E-state index contributed by atoms with van der Waals surface area (Å²) >= 11 is 1.62. The van der Waals surface area contributed by atoms with Crippen LogP contribution in [0.15, 0.2) is 30.5 Å². The summed E-state index contributed by atoms with van der Waals surface area (Å²) in [6.45, 7) is 0. The van der Waals surface area contributed by atoms with E-state index >= 15 is 0 Å². The van der Waals surface area contributed by atoms with E-state index in [0.29, 0.717) is 0 Å². The van der Waals surface area contributed by atoms with Gasteiger partial charge in [0.05, 0.1) is 4.88 Å². The lowest BCUT2D eigenvalue weighted by atomic mass is 9.92. The van der Waals surface area contributed by atoms with Gasteiger partial charge < -0.3 is 0 Å². The van der Waals surface area contributed by atoms with Gasteiger partial charge in [0.1, 0.15) is 0 Å². The van der Waals surface area contributed by atoms with Gasteiger partial charge in [0.25, 0.3) is 0 Å². The molecule has 0 N–H and O–H groups in total. The third kappa shape index (κ3) is 1.02. The van der Waals surface area contributed by atoms with Gasteiger partial charge in [-0.15, -0.1) is 0 Å². The van der Waals surface area contributed by atoms with Crippen LogP contribution in [-0.2, 0) is 12.8 Å². The highest BCUT2D eigenvalue weighted by molar-refractivity contribution is 7.09. The van der Waals surface area contributed by atoms with Gasteiger partial charge in [-0.1, -0.05) is 24.3 Å². The number of aryl methyl sites for hydroxylation is 2. The molecule has 2 heteroatoms. The fraction of sp³-hybridized carbons (Fsp3) is 0.182. The van der Waals surface area contributed by atoms with E-state index in [-0.39, 0.29) is 0 Å². The SMILES string of the molecule is c1ccc2c(c1)CCc1cnsc1-2. The lowest BCUT2D eigenvalue weighted by Crippen LogP contribution is -1.99. The van der Waals surface area contributed by atoms with Crippen molar-refractivity contribution in [1.82, 2.24) is 4.37 Å². The Labute approximate surface area is 81.2 Å². The molecule has 2 aromatic rings. The topological polar surface area (TPSA) is 12.9 Å². The van der Waals surface area contributed by atoms with Crippen molar-refractivity contribution in [3.8, 4) is 10.4 Å². The minimum atomic E-state index is 1.16. The van der Waals surface area contributed by atoms with Gasteiger partial charge in [0.15, 0.2) is 0 Å². The first-order valence-corrected chi connectivity index (χ1v) is 5.24. The highest BCUT2D eigenvalue weighted by Gasteiger charge is 2.16. The van der Waals surface area contributed by atoms with E-state index in [1.165, 1.54) is 28.0 Å². The molecule has 0 saturated carbocycles. The summed E-state index contributed by atoms with van der Waals surface area (Å²) in [4.78, 5) is 1.38. The van der Waals surface area contributed by atoms with Crippen molar-refractivity contribution < 1.29 is 0 Å². The molecule has 1 aliphatic rings. The van der Waals surface area contributed by atoms with Crippen LogP contribution in [-0.4, -0.2) is 4.37 Å². The van der Waals surface area contributed by atoms with Crippen LogP contribution in [0.3, 0.4) is 0 Å². The van der Waals surface area contributed by atoms with E-state index in [2.05, 4.69) is 28.6 Å². The Balaban J connectivity index is 2.30. The van der Waals surface area contributed by atoms with Gasteiger partial charge in [-0.25, -0.2) is 4.37 Å². The molecular weight excluding hydrogens is 178 g/mol. The van der Waals surface area contributed by atoms with Crippen LogP contribution in [0, 0.1) is 0 Å². The van der Waals surface area contributed by atoms with Crippen molar-refractivity contribution >= 4 is 11.5 Å². The summed E-state index contributed by atoms with van der Waals surface area (Å²) in [6, 6.07) is 8.64. The van der Waals surface area contributed by atoms with Crippen molar-refractivity contribution in [3.05, 3.63) is 41.6 Å². The highest BCUT2D eigenvalue weighted by Crippen LogP contribution is 2.35. The first-order chi connectivity index (χ1) is 6.45. The molecule has 1 heterocycles.